The molecular weight excluding hydrogens is 394 g/mol. The van der Waals surface area contributed by atoms with Crippen LogP contribution in [0, 0.1) is 0 Å². The highest BCUT2D eigenvalue weighted by atomic mass is 16.6. The first-order valence-corrected chi connectivity index (χ1v) is 10.5. The number of methoxy groups -OCH3 is 1. The van der Waals surface area contributed by atoms with Crippen molar-refractivity contribution in [2.75, 3.05) is 20.2 Å². The topological polar surface area (TPSA) is 79.9 Å². The highest BCUT2D eigenvalue weighted by molar-refractivity contribution is 5.84. The summed E-state index contributed by atoms with van der Waals surface area (Å²) >= 11 is 0. The summed E-state index contributed by atoms with van der Waals surface area (Å²) in [5, 5.41) is 4.33. The van der Waals surface area contributed by atoms with Crippen LogP contribution in [0.1, 0.15) is 32.8 Å². The van der Waals surface area contributed by atoms with Crippen molar-refractivity contribution in [2.24, 2.45) is 0 Å². The molecule has 0 bridgehead atoms. The van der Waals surface area contributed by atoms with Crippen molar-refractivity contribution in [2.45, 2.75) is 45.3 Å². The fourth-order valence-corrected chi connectivity index (χ4v) is 3.44. The molecule has 31 heavy (non-hydrogen) atoms. The van der Waals surface area contributed by atoms with E-state index in [4.69, 9.17) is 9.47 Å². The Labute approximate surface area is 183 Å². The van der Waals surface area contributed by atoms with Gasteiger partial charge in [-0.1, -0.05) is 42.5 Å². The molecule has 2 aromatic carbocycles. The van der Waals surface area contributed by atoms with Crippen LogP contribution in [0.5, 0.6) is 5.75 Å². The Balaban J connectivity index is 1.76. The van der Waals surface area contributed by atoms with Gasteiger partial charge in [0.1, 0.15) is 17.4 Å². The maximum absolute atomic E-state index is 12.8. The number of ether oxygens (including phenoxy) is 2. The fourth-order valence-electron chi connectivity index (χ4n) is 3.44. The number of hydrogen-bond acceptors (Lipinski definition) is 5. The lowest BCUT2D eigenvalue weighted by Gasteiger charge is -2.26. The molecule has 1 aliphatic heterocycles. The van der Waals surface area contributed by atoms with Gasteiger partial charge in [-0.25, -0.2) is 15.0 Å². The molecule has 2 N–H and O–H groups in total. The standard InChI is InChI=1S/C24H31N3O4/c1-24(2,3)31-22(28)20(26-23(29)27-15-7-14-25-27)16-17-10-12-18(13-11-17)19-8-5-6-9-21(19)30-4/h5-6,8-13,20,25H,7,14-16H2,1-4H3,(H,26,29)/t20-/m0/s1. The molecular formula is C24H31N3O4. The van der Waals surface area contributed by atoms with Crippen molar-refractivity contribution in [1.82, 2.24) is 15.8 Å². The third-order valence-electron chi connectivity index (χ3n) is 4.91. The zero-order valence-corrected chi connectivity index (χ0v) is 18.6. The Bertz CT molecular complexity index is 900. The van der Waals surface area contributed by atoms with E-state index >= 15 is 0 Å². The minimum atomic E-state index is -0.786. The molecule has 3 rings (SSSR count). The van der Waals surface area contributed by atoms with Gasteiger partial charge in [0.2, 0.25) is 0 Å². The van der Waals surface area contributed by atoms with Crippen LogP contribution in [0.2, 0.25) is 0 Å². The Hall–Kier alpha value is -3.06. The molecule has 0 aliphatic carbocycles. The van der Waals surface area contributed by atoms with Crippen molar-refractivity contribution >= 4 is 12.0 Å². The van der Waals surface area contributed by atoms with E-state index in [1.165, 1.54) is 5.01 Å². The van der Waals surface area contributed by atoms with Crippen LogP contribution in [0.4, 0.5) is 4.79 Å². The molecule has 1 aliphatic rings. The molecule has 2 aromatic rings. The van der Waals surface area contributed by atoms with E-state index in [0.29, 0.717) is 13.0 Å². The van der Waals surface area contributed by atoms with Crippen LogP contribution in [-0.2, 0) is 16.0 Å². The quantitative estimate of drug-likeness (QED) is 0.692. The van der Waals surface area contributed by atoms with Crippen molar-refractivity contribution in [3.63, 3.8) is 0 Å². The second kappa shape index (κ2) is 9.83. The molecule has 1 saturated heterocycles. The van der Waals surface area contributed by atoms with Gasteiger partial charge in [-0.15, -0.1) is 0 Å². The normalized spacial score (nSPS) is 14.8. The van der Waals surface area contributed by atoms with Gasteiger partial charge >= 0.3 is 12.0 Å². The van der Waals surface area contributed by atoms with E-state index in [-0.39, 0.29) is 6.03 Å². The molecule has 0 unspecified atom stereocenters. The lowest BCUT2D eigenvalue weighted by atomic mass is 10.00. The molecule has 0 saturated carbocycles. The molecule has 0 spiro atoms. The molecule has 7 heteroatoms. The summed E-state index contributed by atoms with van der Waals surface area (Å²) in [5.41, 5.74) is 5.30. The van der Waals surface area contributed by atoms with Gasteiger partial charge in [-0.05, 0) is 44.4 Å². The number of amides is 2. The van der Waals surface area contributed by atoms with Gasteiger partial charge in [0.25, 0.3) is 0 Å². The number of nitrogens with zero attached hydrogens (tertiary/aromatic N) is 1. The van der Waals surface area contributed by atoms with Gasteiger partial charge in [0.05, 0.1) is 7.11 Å². The van der Waals surface area contributed by atoms with E-state index in [1.54, 1.807) is 7.11 Å². The maximum Gasteiger partial charge on any atom is 0.332 e. The van der Waals surface area contributed by atoms with E-state index in [9.17, 15) is 9.59 Å². The number of hydrazine groups is 1. The first kappa shape index (κ1) is 22.6. The Kier molecular flexibility index (Phi) is 7.17. The molecule has 2 amide bonds. The minimum Gasteiger partial charge on any atom is -0.496 e. The number of urea groups is 1. The summed E-state index contributed by atoms with van der Waals surface area (Å²) in [6.07, 6.45) is 1.22. The third kappa shape index (κ3) is 6.21. The number of benzene rings is 2. The molecule has 1 fully saturated rings. The SMILES string of the molecule is COc1ccccc1-c1ccc(C[C@H](NC(=O)N2CCCN2)C(=O)OC(C)(C)C)cc1. The summed E-state index contributed by atoms with van der Waals surface area (Å²) in [6.45, 7) is 6.80. The second-order valence-electron chi connectivity index (χ2n) is 8.55. The van der Waals surface area contributed by atoms with Gasteiger partial charge < -0.3 is 14.8 Å². The summed E-state index contributed by atoms with van der Waals surface area (Å²) < 4.78 is 11.0. The lowest BCUT2D eigenvalue weighted by molar-refractivity contribution is -0.157. The molecule has 166 valence electrons. The molecule has 0 radical (unpaired) electrons. The lowest BCUT2D eigenvalue weighted by Crippen LogP contribution is -2.52. The highest BCUT2D eigenvalue weighted by Gasteiger charge is 2.29. The van der Waals surface area contributed by atoms with E-state index in [0.717, 1.165) is 35.4 Å². The smallest absolute Gasteiger partial charge is 0.332 e. The third-order valence-corrected chi connectivity index (χ3v) is 4.91. The number of carbonyl (C=O) groups is 2. The van der Waals surface area contributed by atoms with Gasteiger partial charge in [0, 0.05) is 25.1 Å². The number of esters is 1. The van der Waals surface area contributed by atoms with E-state index in [2.05, 4.69) is 10.7 Å². The summed E-state index contributed by atoms with van der Waals surface area (Å²) in [6, 6.07) is 14.6. The van der Waals surface area contributed by atoms with E-state index in [1.807, 2.05) is 69.3 Å². The second-order valence-corrected chi connectivity index (χ2v) is 8.55. The van der Waals surface area contributed by atoms with Gasteiger partial charge in [-0.2, -0.15) is 0 Å². The summed E-state index contributed by atoms with van der Waals surface area (Å²) in [4.78, 5) is 25.3. The molecule has 7 nitrogen and oxygen atoms in total. The van der Waals surface area contributed by atoms with E-state index < -0.39 is 17.6 Å². The Morgan fingerprint density at radius 1 is 1.13 bits per heavy atom. The van der Waals surface area contributed by atoms with Crippen LogP contribution in [-0.4, -0.2) is 48.9 Å². The van der Waals surface area contributed by atoms with Crippen LogP contribution >= 0.6 is 0 Å². The molecule has 1 atom stereocenters. The van der Waals surface area contributed by atoms with Gasteiger partial charge in [-0.3, -0.25) is 5.01 Å². The summed E-state index contributed by atoms with van der Waals surface area (Å²) in [5.74, 6) is 0.348. The number of rotatable bonds is 6. The Morgan fingerprint density at radius 3 is 2.45 bits per heavy atom. The molecule has 0 aromatic heterocycles. The zero-order valence-electron chi connectivity index (χ0n) is 18.6. The Morgan fingerprint density at radius 2 is 1.84 bits per heavy atom. The van der Waals surface area contributed by atoms with Crippen LogP contribution in [0.15, 0.2) is 48.5 Å². The van der Waals surface area contributed by atoms with Crippen LogP contribution < -0.4 is 15.5 Å². The number of carbonyl (C=O) groups excluding carboxylic acids is 2. The largest absolute Gasteiger partial charge is 0.496 e. The zero-order chi connectivity index (χ0) is 22.4. The predicted octanol–water partition coefficient (Wildman–Crippen LogP) is 3.53. The van der Waals surface area contributed by atoms with Crippen molar-refractivity contribution in [1.29, 1.82) is 0 Å². The number of nitrogens with one attached hydrogen (secondary N) is 2. The van der Waals surface area contributed by atoms with Crippen molar-refractivity contribution in [3.8, 4) is 16.9 Å². The monoisotopic (exact) mass is 425 g/mol. The molecule has 1 heterocycles. The van der Waals surface area contributed by atoms with Gasteiger partial charge in [0.15, 0.2) is 0 Å². The predicted molar refractivity (Wildman–Crippen MR) is 120 cm³/mol. The fraction of sp³-hybridized carbons (Fsp3) is 0.417. The van der Waals surface area contributed by atoms with Crippen LogP contribution in [0.3, 0.4) is 0 Å². The van der Waals surface area contributed by atoms with Crippen molar-refractivity contribution in [3.05, 3.63) is 54.1 Å². The average Bonchev–Trinajstić information content (AvgIpc) is 3.27. The van der Waals surface area contributed by atoms with Crippen molar-refractivity contribution < 1.29 is 19.1 Å². The maximum atomic E-state index is 12.8. The minimum absolute atomic E-state index is 0.320. The average molecular weight is 426 g/mol. The number of hydrogen-bond donors (Lipinski definition) is 2. The first-order valence-electron chi connectivity index (χ1n) is 10.5. The summed E-state index contributed by atoms with van der Waals surface area (Å²) in [7, 11) is 1.65. The van der Waals surface area contributed by atoms with Crippen LogP contribution in [0.25, 0.3) is 11.1 Å². The first-order chi connectivity index (χ1) is 14.8. The highest BCUT2D eigenvalue weighted by Crippen LogP contribution is 2.29. The number of para-hydroxylation sites is 1.